The second kappa shape index (κ2) is 8.23. The average Bonchev–Trinajstić information content (AvgIpc) is 2.37. The van der Waals surface area contributed by atoms with Crippen LogP contribution in [0.3, 0.4) is 0 Å². The van der Waals surface area contributed by atoms with Gasteiger partial charge in [0, 0.05) is 12.6 Å². The largest absolute Gasteiger partial charge is 0.389 e. The molecule has 0 bridgehead atoms. The van der Waals surface area contributed by atoms with Gasteiger partial charge in [0.05, 0.1) is 18.3 Å². The summed E-state index contributed by atoms with van der Waals surface area (Å²) in [5, 5.41) is 13.5. The molecule has 0 aromatic heterocycles. The summed E-state index contributed by atoms with van der Waals surface area (Å²) in [5.41, 5.74) is -0.172. The fourth-order valence-electron chi connectivity index (χ4n) is 2.87. The van der Waals surface area contributed by atoms with E-state index in [1.54, 1.807) is 0 Å². The van der Waals surface area contributed by atoms with Crippen LogP contribution >= 0.6 is 0 Å². The molecule has 0 amide bonds. The summed E-state index contributed by atoms with van der Waals surface area (Å²) in [7, 11) is 0. The molecule has 1 aliphatic rings. The number of nitrogens with one attached hydrogen (secondary N) is 1. The Morgan fingerprint density at radius 2 is 1.84 bits per heavy atom. The van der Waals surface area contributed by atoms with Crippen molar-refractivity contribution < 1.29 is 9.84 Å². The van der Waals surface area contributed by atoms with E-state index < -0.39 is 6.10 Å². The van der Waals surface area contributed by atoms with Crippen LogP contribution in [0.1, 0.15) is 66.2 Å². The van der Waals surface area contributed by atoms with Crippen molar-refractivity contribution in [2.45, 2.75) is 84.0 Å². The van der Waals surface area contributed by atoms with E-state index in [4.69, 9.17) is 4.74 Å². The molecule has 0 heterocycles. The van der Waals surface area contributed by atoms with Crippen molar-refractivity contribution in [1.82, 2.24) is 5.32 Å². The summed E-state index contributed by atoms with van der Waals surface area (Å²) >= 11 is 0. The molecule has 3 nitrogen and oxygen atoms in total. The zero-order chi connectivity index (χ0) is 14.3. The lowest BCUT2D eigenvalue weighted by Crippen LogP contribution is -2.42. The minimum Gasteiger partial charge on any atom is -0.389 e. The third-order valence-electron chi connectivity index (χ3n) is 3.98. The monoisotopic (exact) mass is 271 g/mol. The van der Waals surface area contributed by atoms with Crippen molar-refractivity contribution in [3.8, 4) is 0 Å². The average molecular weight is 271 g/mol. The van der Waals surface area contributed by atoms with E-state index >= 15 is 0 Å². The van der Waals surface area contributed by atoms with Gasteiger partial charge in [-0.25, -0.2) is 0 Å². The first-order chi connectivity index (χ1) is 8.92. The van der Waals surface area contributed by atoms with E-state index in [2.05, 4.69) is 12.2 Å². The number of hydrogen-bond donors (Lipinski definition) is 2. The smallest absolute Gasteiger partial charge is 0.0898 e. The van der Waals surface area contributed by atoms with Gasteiger partial charge in [-0.1, -0.05) is 26.2 Å². The maximum Gasteiger partial charge on any atom is 0.0898 e. The number of ether oxygens (including phenoxy) is 1. The van der Waals surface area contributed by atoms with Crippen LogP contribution in [0, 0.1) is 5.92 Å². The molecule has 1 saturated carbocycles. The van der Waals surface area contributed by atoms with Gasteiger partial charge in [0.1, 0.15) is 0 Å². The van der Waals surface area contributed by atoms with Crippen molar-refractivity contribution >= 4 is 0 Å². The van der Waals surface area contributed by atoms with Gasteiger partial charge in [-0.15, -0.1) is 0 Å². The van der Waals surface area contributed by atoms with Crippen LogP contribution in [0.15, 0.2) is 0 Å². The topological polar surface area (TPSA) is 41.5 Å². The Bertz CT molecular complexity index is 231. The Kier molecular flexibility index (Phi) is 7.33. The second-order valence-corrected chi connectivity index (χ2v) is 6.90. The van der Waals surface area contributed by atoms with Gasteiger partial charge in [0.25, 0.3) is 0 Å². The first-order valence-corrected chi connectivity index (χ1v) is 7.97. The Balaban J connectivity index is 2.24. The van der Waals surface area contributed by atoms with Gasteiger partial charge in [-0.2, -0.15) is 0 Å². The predicted octanol–water partition coefficient (Wildman–Crippen LogP) is 3.11. The summed E-state index contributed by atoms with van der Waals surface area (Å²) < 4.78 is 5.61. The molecule has 19 heavy (non-hydrogen) atoms. The lowest BCUT2D eigenvalue weighted by atomic mass is 9.83. The lowest BCUT2D eigenvalue weighted by Gasteiger charge is -2.31. The van der Waals surface area contributed by atoms with Crippen molar-refractivity contribution in [2.75, 3.05) is 13.2 Å². The van der Waals surface area contributed by atoms with Crippen LogP contribution in [0.5, 0.6) is 0 Å². The Morgan fingerprint density at radius 3 is 2.37 bits per heavy atom. The molecule has 2 atom stereocenters. The van der Waals surface area contributed by atoms with Crippen LogP contribution < -0.4 is 5.32 Å². The van der Waals surface area contributed by atoms with E-state index in [9.17, 15) is 5.11 Å². The first-order valence-electron chi connectivity index (χ1n) is 7.97. The SMILES string of the molecule is CCC(NCC(O)COC(C)(C)C)C1CCCCC1. The summed E-state index contributed by atoms with van der Waals surface area (Å²) in [4.78, 5) is 0. The number of aliphatic hydroxyl groups is 1. The van der Waals surface area contributed by atoms with Crippen molar-refractivity contribution in [2.24, 2.45) is 5.92 Å². The van der Waals surface area contributed by atoms with E-state index in [0.717, 1.165) is 12.3 Å². The molecule has 0 radical (unpaired) electrons. The maximum absolute atomic E-state index is 9.97. The standard InChI is InChI=1S/C16H33NO2/c1-5-15(13-9-7-6-8-10-13)17-11-14(18)12-19-16(2,3)4/h13-15,17-18H,5-12H2,1-4H3. The van der Waals surface area contributed by atoms with Gasteiger partial charge in [-0.05, 0) is 46.0 Å². The third-order valence-corrected chi connectivity index (χ3v) is 3.98. The Hall–Kier alpha value is -0.120. The molecule has 1 aliphatic carbocycles. The quantitative estimate of drug-likeness (QED) is 0.747. The van der Waals surface area contributed by atoms with Crippen LogP contribution in [0.2, 0.25) is 0 Å². The predicted molar refractivity (Wildman–Crippen MR) is 80.4 cm³/mol. The molecule has 0 spiro atoms. The van der Waals surface area contributed by atoms with Crippen LogP contribution in [-0.2, 0) is 4.74 Å². The molecule has 1 fully saturated rings. The molecule has 2 unspecified atom stereocenters. The zero-order valence-electron chi connectivity index (χ0n) is 13.2. The number of aliphatic hydroxyl groups excluding tert-OH is 1. The Morgan fingerprint density at radius 1 is 1.21 bits per heavy atom. The molecule has 0 aromatic carbocycles. The van der Waals surface area contributed by atoms with E-state index in [-0.39, 0.29) is 5.60 Å². The first kappa shape index (κ1) is 16.9. The summed E-state index contributed by atoms with van der Waals surface area (Å²) in [6, 6.07) is 0.560. The van der Waals surface area contributed by atoms with Crippen LogP contribution in [0.25, 0.3) is 0 Å². The fourth-order valence-corrected chi connectivity index (χ4v) is 2.87. The van der Waals surface area contributed by atoms with Crippen LogP contribution in [0.4, 0.5) is 0 Å². The molecular weight excluding hydrogens is 238 g/mol. The van der Waals surface area contributed by atoms with Crippen molar-refractivity contribution in [1.29, 1.82) is 0 Å². The zero-order valence-corrected chi connectivity index (χ0v) is 13.2. The van der Waals surface area contributed by atoms with Gasteiger partial charge in [-0.3, -0.25) is 0 Å². The molecule has 0 aromatic rings. The van der Waals surface area contributed by atoms with Crippen molar-refractivity contribution in [3.05, 3.63) is 0 Å². The summed E-state index contributed by atoms with van der Waals surface area (Å²) in [6.07, 6.45) is 7.58. The third kappa shape index (κ3) is 7.28. The highest BCUT2D eigenvalue weighted by Gasteiger charge is 2.22. The van der Waals surface area contributed by atoms with E-state index in [1.807, 2.05) is 20.8 Å². The van der Waals surface area contributed by atoms with Gasteiger partial charge in [0.2, 0.25) is 0 Å². The molecule has 3 heteroatoms. The van der Waals surface area contributed by atoms with E-state index in [0.29, 0.717) is 19.2 Å². The number of rotatable bonds is 7. The minimum atomic E-state index is -0.406. The second-order valence-electron chi connectivity index (χ2n) is 6.90. The van der Waals surface area contributed by atoms with Crippen molar-refractivity contribution in [3.63, 3.8) is 0 Å². The lowest BCUT2D eigenvalue weighted by molar-refractivity contribution is -0.0488. The number of hydrogen-bond acceptors (Lipinski definition) is 3. The van der Waals surface area contributed by atoms with Gasteiger partial charge >= 0.3 is 0 Å². The normalized spacial score (nSPS) is 21.3. The van der Waals surface area contributed by atoms with Crippen LogP contribution in [-0.4, -0.2) is 36.0 Å². The summed E-state index contributed by atoms with van der Waals surface area (Å²) in [6.45, 7) is 9.35. The fraction of sp³-hybridized carbons (Fsp3) is 1.00. The highest BCUT2D eigenvalue weighted by molar-refractivity contribution is 4.79. The molecule has 0 saturated heterocycles. The highest BCUT2D eigenvalue weighted by Crippen LogP contribution is 2.27. The maximum atomic E-state index is 9.97. The molecule has 114 valence electrons. The van der Waals surface area contributed by atoms with Gasteiger partial charge in [0.15, 0.2) is 0 Å². The van der Waals surface area contributed by atoms with Gasteiger partial charge < -0.3 is 15.2 Å². The Labute approximate surface area is 119 Å². The molecule has 0 aliphatic heterocycles. The molecule has 1 rings (SSSR count). The summed E-state index contributed by atoms with van der Waals surface area (Å²) in [5.74, 6) is 0.800. The molecular formula is C16H33NO2. The molecule has 2 N–H and O–H groups in total. The minimum absolute atomic E-state index is 0.172. The highest BCUT2D eigenvalue weighted by atomic mass is 16.5. The van der Waals surface area contributed by atoms with E-state index in [1.165, 1.54) is 32.1 Å².